The summed E-state index contributed by atoms with van der Waals surface area (Å²) in [5.74, 6) is 0.513. The van der Waals surface area contributed by atoms with E-state index in [1.165, 1.54) is 13.1 Å². The molecule has 0 saturated heterocycles. The first-order valence-corrected chi connectivity index (χ1v) is 11.5. The SMILES string of the molecule is CC(C)C[C@H](CO)Nc1nc(S(=O)(=O)C(C)c2ccccn2)nc2[nH]c(=O)sc12. The molecule has 0 bridgehead atoms. The lowest BCUT2D eigenvalue weighted by atomic mass is 10.0. The van der Waals surface area contributed by atoms with Crippen LogP contribution in [0.3, 0.4) is 0 Å². The summed E-state index contributed by atoms with van der Waals surface area (Å²) in [6, 6.07) is 4.69. The lowest BCUT2D eigenvalue weighted by molar-refractivity contribution is 0.259. The van der Waals surface area contributed by atoms with Gasteiger partial charge in [0.2, 0.25) is 9.84 Å². The Kier molecular flexibility index (Phi) is 6.30. The van der Waals surface area contributed by atoms with E-state index in [0.717, 1.165) is 11.3 Å². The molecule has 0 aliphatic heterocycles. The highest BCUT2D eigenvalue weighted by atomic mass is 32.2. The molecular formula is C18H23N5O4S2. The van der Waals surface area contributed by atoms with E-state index in [1.807, 2.05) is 13.8 Å². The monoisotopic (exact) mass is 437 g/mol. The second kappa shape index (κ2) is 8.56. The highest BCUT2D eigenvalue weighted by molar-refractivity contribution is 7.91. The Balaban J connectivity index is 2.08. The van der Waals surface area contributed by atoms with Gasteiger partial charge in [0.15, 0.2) is 11.5 Å². The van der Waals surface area contributed by atoms with Gasteiger partial charge in [0.25, 0.3) is 5.16 Å². The Labute approximate surface area is 172 Å². The van der Waals surface area contributed by atoms with E-state index in [9.17, 15) is 18.3 Å². The number of aliphatic hydroxyl groups is 1. The average Bonchev–Trinajstić information content (AvgIpc) is 3.07. The molecule has 9 nitrogen and oxygen atoms in total. The van der Waals surface area contributed by atoms with Crippen molar-refractivity contribution in [1.29, 1.82) is 0 Å². The van der Waals surface area contributed by atoms with Crippen molar-refractivity contribution in [3.05, 3.63) is 39.8 Å². The maximum atomic E-state index is 13.1. The van der Waals surface area contributed by atoms with Gasteiger partial charge in [-0.05, 0) is 31.4 Å². The van der Waals surface area contributed by atoms with E-state index in [-0.39, 0.29) is 29.0 Å². The molecule has 0 radical (unpaired) electrons. The van der Waals surface area contributed by atoms with Crippen LogP contribution in [0.4, 0.5) is 5.82 Å². The maximum absolute atomic E-state index is 13.1. The Hall–Kier alpha value is -2.37. The maximum Gasteiger partial charge on any atom is 0.306 e. The number of pyridine rings is 1. The van der Waals surface area contributed by atoms with Crippen LogP contribution in [0, 0.1) is 5.92 Å². The van der Waals surface area contributed by atoms with Crippen LogP contribution in [0.5, 0.6) is 0 Å². The predicted molar refractivity (Wildman–Crippen MR) is 112 cm³/mol. The second-order valence-electron chi connectivity index (χ2n) is 7.14. The molecule has 0 aliphatic carbocycles. The van der Waals surface area contributed by atoms with E-state index < -0.39 is 20.2 Å². The number of fused-ring (bicyclic) bond motifs is 1. The van der Waals surface area contributed by atoms with Crippen molar-refractivity contribution in [2.24, 2.45) is 5.92 Å². The van der Waals surface area contributed by atoms with Gasteiger partial charge < -0.3 is 10.4 Å². The van der Waals surface area contributed by atoms with Crippen LogP contribution in [0.1, 0.15) is 38.1 Å². The van der Waals surface area contributed by atoms with Crippen LogP contribution in [0.2, 0.25) is 0 Å². The Bertz CT molecular complexity index is 1140. The minimum atomic E-state index is -3.97. The molecule has 0 fully saturated rings. The molecule has 0 spiro atoms. The topological polar surface area (TPSA) is 138 Å². The summed E-state index contributed by atoms with van der Waals surface area (Å²) in [7, 11) is -3.97. The summed E-state index contributed by atoms with van der Waals surface area (Å²) in [4.78, 5) is 26.5. The zero-order valence-corrected chi connectivity index (χ0v) is 17.9. The number of sulfone groups is 1. The van der Waals surface area contributed by atoms with E-state index in [0.29, 0.717) is 22.7 Å². The summed E-state index contributed by atoms with van der Waals surface area (Å²) in [5.41, 5.74) is 0.517. The van der Waals surface area contributed by atoms with Crippen molar-refractivity contribution in [2.75, 3.05) is 11.9 Å². The van der Waals surface area contributed by atoms with Gasteiger partial charge in [-0.1, -0.05) is 31.3 Å². The van der Waals surface area contributed by atoms with Gasteiger partial charge in [0.1, 0.15) is 9.95 Å². The quantitative estimate of drug-likeness (QED) is 0.456. The summed E-state index contributed by atoms with van der Waals surface area (Å²) >= 11 is 0.887. The lowest BCUT2D eigenvalue weighted by Crippen LogP contribution is -2.27. The number of hydrogen-bond donors (Lipinski definition) is 3. The van der Waals surface area contributed by atoms with Crippen LogP contribution in [-0.2, 0) is 9.84 Å². The predicted octanol–water partition coefficient (Wildman–Crippen LogP) is 2.13. The Morgan fingerprint density at radius 2 is 2.00 bits per heavy atom. The van der Waals surface area contributed by atoms with Crippen molar-refractivity contribution in [3.8, 4) is 0 Å². The third-order valence-corrected chi connectivity index (χ3v) is 7.14. The molecule has 3 aromatic heterocycles. The van der Waals surface area contributed by atoms with Crippen LogP contribution < -0.4 is 10.2 Å². The van der Waals surface area contributed by atoms with Gasteiger partial charge in [-0.15, -0.1) is 0 Å². The van der Waals surface area contributed by atoms with Crippen LogP contribution >= 0.6 is 11.3 Å². The van der Waals surface area contributed by atoms with Gasteiger partial charge in [-0.25, -0.2) is 8.42 Å². The summed E-state index contributed by atoms with van der Waals surface area (Å²) < 4.78 is 26.7. The first kappa shape index (κ1) is 21.3. The fraction of sp³-hybridized carbons (Fsp3) is 0.444. The third kappa shape index (κ3) is 4.62. The molecule has 3 aromatic rings. The van der Waals surface area contributed by atoms with Crippen molar-refractivity contribution in [1.82, 2.24) is 19.9 Å². The number of thiazole rings is 1. The first-order chi connectivity index (χ1) is 13.7. The standard InChI is InChI=1S/C18H23N5O4S2/c1-10(2)8-12(9-24)20-15-14-16(23-18(25)28-14)22-17(21-15)29(26,27)11(3)13-6-4-5-7-19-13/h4-7,10-12,24H,8-9H2,1-3H3,(H2,20,21,22,23,25)/t11?,12-/m1/s1. The molecular weight excluding hydrogens is 414 g/mol. The van der Waals surface area contributed by atoms with Gasteiger partial charge in [0.05, 0.1) is 18.3 Å². The molecule has 11 heteroatoms. The zero-order chi connectivity index (χ0) is 21.2. The van der Waals surface area contributed by atoms with Crippen molar-refractivity contribution < 1.29 is 13.5 Å². The Morgan fingerprint density at radius 1 is 1.24 bits per heavy atom. The first-order valence-electron chi connectivity index (χ1n) is 9.15. The zero-order valence-electron chi connectivity index (χ0n) is 16.3. The lowest BCUT2D eigenvalue weighted by Gasteiger charge is -2.19. The molecule has 2 atom stereocenters. The number of aliphatic hydroxyl groups excluding tert-OH is 1. The minimum absolute atomic E-state index is 0.144. The molecule has 3 heterocycles. The van der Waals surface area contributed by atoms with Crippen LogP contribution in [-0.4, -0.2) is 46.1 Å². The molecule has 0 amide bonds. The highest BCUT2D eigenvalue weighted by Gasteiger charge is 2.30. The number of aromatic amines is 1. The van der Waals surface area contributed by atoms with E-state index in [1.54, 1.807) is 18.2 Å². The number of H-pyrrole nitrogens is 1. The highest BCUT2D eigenvalue weighted by Crippen LogP contribution is 2.29. The molecule has 0 aromatic carbocycles. The van der Waals surface area contributed by atoms with Crippen molar-refractivity contribution in [3.63, 3.8) is 0 Å². The van der Waals surface area contributed by atoms with Gasteiger partial charge in [0, 0.05) is 6.20 Å². The number of nitrogens with zero attached hydrogens (tertiary/aromatic N) is 3. The van der Waals surface area contributed by atoms with E-state index in [2.05, 4.69) is 25.3 Å². The second-order valence-corrected chi connectivity index (χ2v) is 10.3. The van der Waals surface area contributed by atoms with Crippen molar-refractivity contribution >= 4 is 37.3 Å². The smallest absolute Gasteiger partial charge is 0.306 e. The summed E-state index contributed by atoms with van der Waals surface area (Å²) in [6.07, 6.45) is 2.17. The van der Waals surface area contributed by atoms with Gasteiger partial charge >= 0.3 is 4.87 Å². The van der Waals surface area contributed by atoms with Crippen molar-refractivity contribution in [2.45, 2.75) is 43.6 Å². The average molecular weight is 438 g/mol. The van der Waals surface area contributed by atoms with Gasteiger partial charge in [-0.2, -0.15) is 9.97 Å². The summed E-state index contributed by atoms with van der Waals surface area (Å²) in [5, 5.41) is 11.4. The molecule has 1 unspecified atom stereocenters. The minimum Gasteiger partial charge on any atom is -0.394 e. The van der Waals surface area contributed by atoms with E-state index >= 15 is 0 Å². The molecule has 0 aliphatic rings. The number of rotatable bonds is 8. The third-order valence-electron chi connectivity index (χ3n) is 4.40. The normalized spacial score (nSPS) is 14.2. The molecule has 3 N–H and O–H groups in total. The number of anilines is 1. The van der Waals surface area contributed by atoms with E-state index in [4.69, 9.17) is 0 Å². The summed E-state index contributed by atoms with van der Waals surface area (Å²) in [6.45, 7) is 5.39. The molecule has 3 rings (SSSR count). The fourth-order valence-corrected chi connectivity index (χ4v) is 4.86. The van der Waals surface area contributed by atoms with Gasteiger partial charge in [-0.3, -0.25) is 14.8 Å². The van der Waals surface area contributed by atoms with Crippen LogP contribution in [0.25, 0.3) is 10.3 Å². The number of nitrogens with one attached hydrogen (secondary N) is 2. The Morgan fingerprint density at radius 3 is 2.62 bits per heavy atom. The molecule has 0 saturated carbocycles. The molecule has 156 valence electrons. The van der Waals surface area contributed by atoms with Crippen LogP contribution in [0.15, 0.2) is 34.3 Å². The number of aromatic nitrogens is 4. The largest absolute Gasteiger partial charge is 0.394 e. The number of hydrogen-bond acceptors (Lipinski definition) is 9. The fourth-order valence-electron chi connectivity index (χ4n) is 2.93. The molecule has 29 heavy (non-hydrogen) atoms.